The van der Waals surface area contributed by atoms with Gasteiger partial charge in [-0.25, -0.2) is 0 Å². The van der Waals surface area contributed by atoms with Crippen LogP contribution in [-0.2, 0) is 11.3 Å². The Morgan fingerprint density at radius 1 is 1.58 bits per heavy atom. The molecule has 1 aromatic rings. The number of nitrogens with zero attached hydrogens (tertiary/aromatic N) is 1. The molecule has 0 heterocycles. The van der Waals surface area contributed by atoms with Crippen molar-refractivity contribution in [3.05, 3.63) is 50.5 Å². The van der Waals surface area contributed by atoms with Gasteiger partial charge in [-0.15, -0.1) is 0 Å². The Bertz CT molecular complexity index is 463. The van der Waals surface area contributed by atoms with Crippen molar-refractivity contribution in [3.63, 3.8) is 0 Å². The van der Waals surface area contributed by atoms with Crippen molar-refractivity contribution in [1.82, 2.24) is 5.32 Å². The molecule has 0 atom stereocenters. The van der Waals surface area contributed by atoms with E-state index in [4.69, 9.17) is 4.74 Å². The van der Waals surface area contributed by atoms with Crippen molar-refractivity contribution in [2.75, 3.05) is 19.8 Å². The van der Waals surface area contributed by atoms with Gasteiger partial charge in [0.1, 0.15) is 0 Å². The maximum absolute atomic E-state index is 10.6. The molecule has 5 nitrogen and oxygen atoms in total. The molecule has 1 rings (SSSR count). The summed E-state index contributed by atoms with van der Waals surface area (Å²) in [6, 6.07) is 4.75. The number of rotatable bonds is 8. The van der Waals surface area contributed by atoms with Crippen LogP contribution in [-0.4, -0.2) is 24.7 Å². The van der Waals surface area contributed by atoms with Gasteiger partial charge in [-0.2, -0.15) is 0 Å². The zero-order chi connectivity index (χ0) is 14.3. The van der Waals surface area contributed by atoms with Crippen LogP contribution < -0.4 is 5.32 Å². The highest BCUT2D eigenvalue weighted by molar-refractivity contribution is 9.10. The Morgan fingerprint density at radius 2 is 2.32 bits per heavy atom. The van der Waals surface area contributed by atoms with Crippen molar-refractivity contribution < 1.29 is 9.66 Å². The van der Waals surface area contributed by atoms with Gasteiger partial charge >= 0.3 is 0 Å². The second kappa shape index (κ2) is 8.04. The molecule has 0 aliphatic carbocycles. The lowest BCUT2D eigenvalue weighted by Crippen LogP contribution is -2.19. The van der Waals surface area contributed by atoms with Crippen molar-refractivity contribution in [1.29, 1.82) is 0 Å². The Labute approximate surface area is 120 Å². The van der Waals surface area contributed by atoms with Gasteiger partial charge in [-0.1, -0.05) is 28.1 Å². The van der Waals surface area contributed by atoms with Gasteiger partial charge in [-0.05, 0) is 18.6 Å². The molecule has 0 aliphatic rings. The molecule has 0 bridgehead atoms. The molecule has 19 heavy (non-hydrogen) atoms. The van der Waals surface area contributed by atoms with Crippen LogP contribution in [0.4, 0.5) is 5.69 Å². The molecule has 0 aromatic heterocycles. The molecule has 0 saturated carbocycles. The number of non-ortho nitro benzene ring substituents is 1. The number of nitrogens with one attached hydrogen (secondary N) is 1. The number of ether oxygens (including phenoxy) is 1. The lowest BCUT2D eigenvalue weighted by Gasteiger charge is -2.07. The first-order valence-corrected chi connectivity index (χ1v) is 6.65. The lowest BCUT2D eigenvalue weighted by atomic mass is 10.2. The summed E-state index contributed by atoms with van der Waals surface area (Å²) in [6.07, 6.45) is 0. The van der Waals surface area contributed by atoms with Crippen LogP contribution in [0.25, 0.3) is 0 Å². The number of hydrogen-bond donors (Lipinski definition) is 1. The topological polar surface area (TPSA) is 64.4 Å². The van der Waals surface area contributed by atoms with Crippen molar-refractivity contribution >= 4 is 21.6 Å². The third-order valence-electron chi connectivity index (χ3n) is 2.33. The van der Waals surface area contributed by atoms with Crippen LogP contribution in [0.2, 0.25) is 0 Å². The van der Waals surface area contributed by atoms with E-state index >= 15 is 0 Å². The Morgan fingerprint density at radius 3 is 2.89 bits per heavy atom. The molecule has 0 spiro atoms. The van der Waals surface area contributed by atoms with E-state index in [2.05, 4.69) is 27.8 Å². The SMILES string of the molecule is C=C(C)COCCNCc1ccc([N+](=O)[O-])cc1Br. The zero-order valence-electron chi connectivity index (χ0n) is 10.8. The number of hydrogen-bond acceptors (Lipinski definition) is 4. The van der Waals surface area contributed by atoms with Gasteiger partial charge in [-0.3, -0.25) is 10.1 Å². The molecular formula is C13H17BrN2O3. The van der Waals surface area contributed by atoms with Gasteiger partial charge in [0.05, 0.1) is 18.1 Å². The van der Waals surface area contributed by atoms with Gasteiger partial charge in [0, 0.05) is 29.7 Å². The summed E-state index contributed by atoms with van der Waals surface area (Å²) in [5.74, 6) is 0. The number of benzene rings is 1. The van der Waals surface area contributed by atoms with Crippen molar-refractivity contribution in [3.8, 4) is 0 Å². The molecular weight excluding hydrogens is 312 g/mol. The van der Waals surface area contributed by atoms with E-state index in [0.717, 1.165) is 22.2 Å². The predicted octanol–water partition coefficient (Wildman–Crippen LogP) is 3.04. The Balaban J connectivity index is 2.33. The van der Waals surface area contributed by atoms with Crippen LogP contribution in [0.15, 0.2) is 34.8 Å². The lowest BCUT2D eigenvalue weighted by molar-refractivity contribution is -0.384. The highest BCUT2D eigenvalue weighted by Gasteiger charge is 2.08. The van der Waals surface area contributed by atoms with E-state index in [0.29, 0.717) is 19.8 Å². The normalized spacial score (nSPS) is 10.4. The Hall–Kier alpha value is -1.24. The minimum Gasteiger partial charge on any atom is -0.376 e. The fourth-order valence-corrected chi connectivity index (χ4v) is 1.91. The monoisotopic (exact) mass is 328 g/mol. The first-order valence-electron chi connectivity index (χ1n) is 5.86. The number of nitro groups is 1. The van der Waals surface area contributed by atoms with E-state index in [1.54, 1.807) is 6.07 Å². The van der Waals surface area contributed by atoms with Gasteiger partial charge in [0.25, 0.3) is 5.69 Å². The van der Waals surface area contributed by atoms with Crippen LogP contribution >= 0.6 is 15.9 Å². The highest BCUT2D eigenvalue weighted by atomic mass is 79.9. The van der Waals surface area contributed by atoms with Gasteiger partial charge < -0.3 is 10.1 Å². The second-order valence-corrected chi connectivity index (χ2v) is 5.07. The molecule has 104 valence electrons. The fourth-order valence-electron chi connectivity index (χ4n) is 1.41. The molecule has 0 unspecified atom stereocenters. The van der Waals surface area contributed by atoms with Gasteiger partial charge in [0.2, 0.25) is 0 Å². The molecule has 1 N–H and O–H groups in total. The molecule has 6 heteroatoms. The van der Waals surface area contributed by atoms with Crippen molar-refractivity contribution in [2.45, 2.75) is 13.5 Å². The van der Waals surface area contributed by atoms with E-state index < -0.39 is 4.92 Å². The van der Waals surface area contributed by atoms with E-state index in [1.165, 1.54) is 12.1 Å². The largest absolute Gasteiger partial charge is 0.376 e. The van der Waals surface area contributed by atoms with E-state index in [1.807, 2.05) is 6.92 Å². The second-order valence-electron chi connectivity index (χ2n) is 4.22. The first-order chi connectivity index (χ1) is 9.00. The summed E-state index contributed by atoms with van der Waals surface area (Å²) >= 11 is 3.33. The average molecular weight is 329 g/mol. The fraction of sp³-hybridized carbons (Fsp3) is 0.385. The first kappa shape index (κ1) is 15.8. The summed E-state index contributed by atoms with van der Waals surface area (Å²) in [5.41, 5.74) is 2.06. The maximum Gasteiger partial charge on any atom is 0.270 e. The van der Waals surface area contributed by atoms with Crippen molar-refractivity contribution in [2.24, 2.45) is 0 Å². The molecule has 0 saturated heterocycles. The summed E-state index contributed by atoms with van der Waals surface area (Å²) in [4.78, 5) is 10.2. The van der Waals surface area contributed by atoms with Crippen LogP contribution in [0.5, 0.6) is 0 Å². The maximum atomic E-state index is 10.6. The molecule has 1 aromatic carbocycles. The van der Waals surface area contributed by atoms with E-state index in [-0.39, 0.29) is 5.69 Å². The number of halogens is 1. The third-order valence-corrected chi connectivity index (χ3v) is 3.07. The van der Waals surface area contributed by atoms with E-state index in [9.17, 15) is 10.1 Å². The highest BCUT2D eigenvalue weighted by Crippen LogP contribution is 2.22. The minimum absolute atomic E-state index is 0.0837. The summed E-state index contributed by atoms with van der Waals surface area (Å²) < 4.78 is 6.08. The zero-order valence-corrected chi connectivity index (χ0v) is 12.4. The van der Waals surface area contributed by atoms with Crippen LogP contribution in [0.1, 0.15) is 12.5 Å². The smallest absolute Gasteiger partial charge is 0.270 e. The van der Waals surface area contributed by atoms with Crippen LogP contribution in [0, 0.1) is 10.1 Å². The third kappa shape index (κ3) is 5.96. The summed E-state index contributed by atoms with van der Waals surface area (Å²) in [7, 11) is 0. The number of nitro benzene ring substituents is 1. The van der Waals surface area contributed by atoms with Gasteiger partial charge in [0.15, 0.2) is 0 Å². The molecule has 0 radical (unpaired) electrons. The van der Waals surface area contributed by atoms with Crippen LogP contribution in [0.3, 0.4) is 0 Å². The quantitative estimate of drug-likeness (QED) is 0.345. The molecule has 0 fully saturated rings. The molecule has 0 amide bonds. The minimum atomic E-state index is -0.409. The summed E-state index contributed by atoms with van der Waals surface area (Å²) in [5, 5.41) is 13.8. The molecule has 0 aliphatic heterocycles. The standard InChI is InChI=1S/C13H17BrN2O3/c1-10(2)9-19-6-5-15-8-11-3-4-12(16(17)18)7-13(11)14/h3-4,7,15H,1,5-6,8-9H2,2H3. The summed E-state index contributed by atoms with van der Waals surface area (Å²) in [6.45, 7) is 8.20. The predicted molar refractivity (Wildman–Crippen MR) is 78.1 cm³/mol. The Kier molecular flexibility index (Phi) is 6.69. The average Bonchev–Trinajstić information content (AvgIpc) is 2.34.